The Labute approximate surface area is 129 Å². The lowest BCUT2D eigenvalue weighted by molar-refractivity contribution is -0.143. The van der Waals surface area contributed by atoms with Crippen LogP contribution < -0.4 is 0 Å². The molecule has 0 aromatic heterocycles. The van der Waals surface area contributed by atoms with Crippen molar-refractivity contribution in [1.82, 2.24) is 4.31 Å². The average molecular weight is 332 g/mol. The van der Waals surface area contributed by atoms with Crippen LogP contribution >= 0.6 is 11.6 Å². The van der Waals surface area contributed by atoms with Crippen LogP contribution in [-0.2, 0) is 14.8 Å². The average Bonchev–Trinajstić information content (AvgIpc) is 2.37. The minimum absolute atomic E-state index is 0.0160. The molecule has 1 N–H and O–H groups in total. The molecule has 0 amide bonds. The number of hydrogen-bond donors (Lipinski definition) is 1. The van der Waals surface area contributed by atoms with Crippen LogP contribution in [0.1, 0.15) is 18.9 Å². The number of rotatable bonds is 3. The molecule has 5 nitrogen and oxygen atoms in total. The Morgan fingerprint density at radius 2 is 2.05 bits per heavy atom. The van der Waals surface area contributed by atoms with Crippen molar-refractivity contribution in [3.63, 3.8) is 0 Å². The van der Waals surface area contributed by atoms with E-state index in [9.17, 15) is 13.2 Å². The van der Waals surface area contributed by atoms with Crippen molar-refractivity contribution in [3.05, 3.63) is 28.8 Å². The number of carboxylic acid groups (broad SMARTS) is 1. The summed E-state index contributed by atoms with van der Waals surface area (Å²) in [6.45, 7) is 3.91. The molecule has 2 rings (SSSR count). The maximum atomic E-state index is 12.7. The molecule has 1 heterocycles. The van der Waals surface area contributed by atoms with Gasteiger partial charge in [0.1, 0.15) is 0 Å². The van der Waals surface area contributed by atoms with E-state index in [2.05, 4.69) is 0 Å². The Morgan fingerprint density at radius 3 is 2.62 bits per heavy atom. The third-order valence-electron chi connectivity index (χ3n) is 3.73. The van der Waals surface area contributed by atoms with E-state index in [0.29, 0.717) is 23.6 Å². The number of benzene rings is 1. The van der Waals surface area contributed by atoms with Gasteiger partial charge in [-0.1, -0.05) is 18.5 Å². The van der Waals surface area contributed by atoms with Crippen LogP contribution in [0.2, 0.25) is 5.02 Å². The Morgan fingerprint density at radius 1 is 1.38 bits per heavy atom. The molecule has 0 radical (unpaired) electrons. The zero-order valence-corrected chi connectivity index (χ0v) is 13.5. The number of piperidine rings is 1. The van der Waals surface area contributed by atoms with E-state index in [1.807, 2.05) is 6.92 Å². The van der Waals surface area contributed by atoms with E-state index in [4.69, 9.17) is 16.7 Å². The van der Waals surface area contributed by atoms with Gasteiger partial charge >= 0.3 is 5.97 Å². The fourth-order valence-electron chi connectivity index (χ4n) is 2.72. The molecule has 0 aliphatic carbocycles. The van der Waals surface area contributed by atoms with Gasteiger partial charge in [0.25, 0.3) is 0 Å². The Balaban J connectivity index is 2.36. The van der Waals surface area contributed by atoms with Gasteiger partial charge in [-0.25, -0.2) is 8.42 Å². The first-order valence-corrected chi connectivity index (χ1v) is 8.52. The highest BCUT2D eigenvalue weighted by Gasteiger charge is 2.36. The Kier molecular flexibility index (Phi) is 4.60. The first-order chi connectivity index (χ1) is 9.71. The molecule has 1 fully saturated rings. The Bertz CT molecular complexity index is 659. The SMILES string of the molecule is Cc1cc(Cl)ccc1S(=O)(=O)N1CC(C)CC(C(=O)O)C1. The van der Waals surface area contributed by atoms with Crippen molar-refractivity contribution in [2.24, 2.45) is 11.8 Å². The van der Waals surface area contributed by atoms with Crippen molar-refractivity contribution in [2.75, 3.05) is 13.1 Å². The van der Waals surface area contributed by atoms with Crippen LogP contribution in [0.4, 0.5) is 0 Å². The molecule has 2 unspecified atom stereocenters. The molecule has 0 saturated carbocycles. The zero-order valence-electron chi connectivity index (χ0n) is 11.9. The van der Waals surface area contributed by atoms with Gasteiger partial charge in [-0.15, -0.1) is 0 Å². The van der Waals surface area contributed by atoms with Crippen LogP contribution in [0.15, 0.2) is 23.1 Å². The summed E-state index contributed by atoms with van der Waals surface area (Å²) in [5.41, 5.74) is 0.563. The predicted octanol–water partition coefficient (Wildman–Crippen LogP) is 2.38. The van der Waals surface area contributed by atoms with E-state index in [-0.39, 0.29) is 17.4 Å². The number of aryl methyl sites for hydroxylation is 1. The van der Waals surface area contributed by atoms with Crippen LogP contribution in [0.3, 0.4) is 0 Å². The second-order valence-corrected chi connectivity index (χ2v) is 7.95. The van der Waals surface area contributed by atoms with Crippen LogP contribution in [-0.4, -0.2) is 36.9 Å². The van der Waals surface area contributed by atoms with Crippen molar-refractivity contribution < 1.29 is 18.3 Å². The monoisotopic (exact) mass is 331 g/mol. The first-order valence-electron chi connectivity index (χ1n) is 6.71. The van der Waals surface area contributed by atoms with E-state index < -0.39 is 21.9 Å². The second kappa shape index (κ2) is 5.94. The molecule has 7 heteroatoms. The summed E-state index contributed by atoms with van der Waals surface area (Å²) in [4.78, 5) is 11.4. The van der Waals surface area contributed by atoms with Gasteiger partial charge in [0.05, 0.1) is 10.8 Å². The topological polar surface area (TPSA) is 74.7 Å². The number of halogens is 1. The third-order valence-corrected chi connectivity index (χ3v) is 5.96. The highest BCUT2D eigenvalue weighted by molar-refractivity contribution is 7.89. The molecule has 0 bridgehead atoms. The van der Waals surface area contributed by atoms with Gasteiger partial charge < -0.3 is 5.11 Å². The summed E-state index contributed by atoms with van der Waals surface area (Å²) in [5.74, 6) is -1.59. The number of hydrogen-bond acceptors (Lipinski definition) is 3. The van der Waals surface area contributed by atoms with Crippen molar-refractivity contribution in [3.8, 4) is 0 Å². The minimum atomic E-state index is -3.70. The van der Waals surface area contributed by atoms with Gasteiger partial charge in [0.2, 0.25) is 10.0 Å². The fourth-order valence-corrected chi connectivity index (χ4v) is 4.76. The van der Waals surface area contributed by atoms with E-state index in [0.717, 1.165) is 0 Å². The van der Waals surface area contributed by atoms with E-state index in [1.54, 1.807) is 13.0 Å². The van der Waals surface area contributed by atoms with Gasteiger partial charge in [-0.3, -0.25) is 4.79 Å². The number of nitrogens with zero attached hydrogens (tertiary/aromatic N) is 1. The Hall–Kier alpha value is -1.11. The number of aliphatic carboxylic acids is 1. The predicted molar refractivity (Wildman–Crippen MR) is 79.9 cm³/mol. The zero-order chi connectivity index (χ0) is 15.8. The molecule has 21 heavy (non-hydrogen) atoms. The van der Waals surface area contributed by atoms with E-state index in [1.165, 1.54) is 16.4 Å². The molecule has 116 valence electrons. The molecule has 1 aliphatic rings. The first kappa shape index (κ1) is 16.3. The largest absolute Gasteiger partial charge is 0.481 e. The van der Waals surface area contributed by atoms with Crippen molar-refractivity contribution in [1.29, 1.82) is 0 Å². The third kappa shape index (κ3) is 3.39. The standard InChI is InChI=1S/C14H18ClNO4S/c1-9-5-11(14(17)18)8-16(7-9)21(19,20)13-4-3-12(15)6-10(13)2/h3-4,6,9,11H,5,7-8H2,1-2H3,(H,17,18). The lowest BCUT2D eigenvalue weighted by atomic mass is 9.92. The summed E-state index contributed by atoms with van der Waals surface area (Å²) >= 11 is 5.85. The molecule has 0 spiro atoms. The summed E-state index contributed by atoms with van der Waals surface area (Å²) in [5, 5.41) is 9.64. The molecule has 2 atom stereocenters. The van der Waals surface area contributed by atoms with Gasteiger partial charge in [0, 0.05) is 18.1 Å². The second-order valence-electron chi connectivity index (χ2n) is 5.61. The van der Waals surface area contributed by atoms with Crippen LogP contribution in [0, 0.1) is 18.8 Å². The van der Waals surface area contributed by atoms with Crippen molar-refractivity contribution in [2.45, 2.75) is 25.2 Å². The van der Waals surface area contributed by atoms with E-state index >= 15 is 0 Å². The lowest BCUT2D eigenvalue weighted by Gasteiger charge is -2.34. The maximum Gasteiger partial charge on any atom is 0.307 e. The molecule has 1 aromatic carbocycles. The fraction of sp³-hybridized carbons (Fsp3) is 0.500. The smallest absolute Gasteiger partial charge is 0.307 e. The van der Waals surface area contributed by atoms with Crippen molar-refractivity contribution >= 4 is 27.6 Å². The number of carbonyl (C=O) groups is 1. The maximum absolute atomic E-state index is 12.7. The molecule has 1 aliphatic heterocycles. The molecule has 1 aromatic rings. The van der Waals surface area contributed by atoms with Crippen LogP contribution in [0.5, 0.6) is 0 Å². The number of sulfonamides is 1. The summed E-state index contributed by atoms with van der Waals surface area (Å²) in [6.07, 6.45) is 0.501. The minimum Gasteiger partial charge on any atom is -0.481 e. The van der Waals surface area contributed by atoms with Gasteiger partial charge in [-0.05, 0) is 43.0 Å². The summed E-state index contributed by atoms with van der Waals surface area (Å²) < 4.78 is 26.7. The highest BCUT2D eigenvalue weighted by Crippen LogP contribution is 2.29. The molecular weight excluding hydrogens is 314 g/mol. The van der Waals surface area contributed by atoms with Crippen LogP contribution in [0.25, 0.3) is 0 Å². The number of carboxylic acids is 1. The van der Waals surface area contributed by atoms with Gasteiger partial charge in [-0.2, -0.15) is 4.31 Å². The quantitative estimate of drug-likeness (QED) is 0.922. The lowest BCUT2D eigenvalue weighted by Crippen LogP contribution is -2.45. The molecule has 1 saturated heterocycles. The highest BCUT2D eigenvalue weighted by atomic mass is 35.5. The normalized spacial score (nSPS) is 24.0. The van der Waals surface area contributed by atoms with Gasteiger partial charge in [0.15, 0.2) is 0 Å². The summed E-state index contributed by atoms with van der Waals surface area (Å²) in [6, 6.07) is 4.60. The molecular formula is C14H18ClNO4S. The summed E-state index contributed by atoms with van der Waals surface area (Å²) in [7, 11) is -3.70.